The van der Waals surface area contributed by atoms with E-state index in [1.807, 2.05) is 0 Å². The van der Waals surface area contributed by atoms with Crippen molar-refractivity contribution in [1.82, 2.24) is 10.2 Å². The molecule has 1 aromatic carbocycles. The Morgan fingerprint density at radius 2 is 2.04 bits per heavy atom. The van der Waals surface area contributed by atoms with Crippen LogP contribution in [0.15, 0.2) is 18.2 Å². The van der Waals surface area contributed by atoms with Crippen molar-refractivity contribution in [3.63, 3.8) is 0 Å². The molecule has 2 N–H and O–H groups in total. The third-order valence-electron chi connectivity index (χ3n) is 3.22. The van der Waals surface area contributed by atoms with Gasteiger partial charge in [-0.1, -0.05) is 0 Å². The molecule has 0 aliphatic carbocycles. The van der Waals surface area contributed by atoms with Gasteiger partial charge in [0.05, 0.1) is 12.7 Å². The van der Waals surface area contributed by atoms with Crippen LogP contribution in [-0.2, 0) is 9.59 Å². The lowest BCUT2D eigenvalue weighted by Crippen LogP contribution is -2.47. The van der Waals surface area contributed by atoms with Crippen molar-refractivity contribution in [2.75, 3.05) is 20.2 Å². The second-order valence-electron chi connectivity index (χ2n) is 4.84. The van der Waals surface area contributed by atoms with Crippen molar-refractivity contribution in [3.05, 3.63) is 29.6 Å². The summed E-state index contributed by atoms with van der Waals surface area (Å²) in [6.07, 6.45) is 0. The lowest BCUT2D eigenvalue weighted by atomic mass is 10.1. The number of nitrogens with zero attached hydrogens (tertiary/aromatic N) is 1. The molecule has 0 saturated carbocycles. The number of nitrogens with one attached hydrogen (secondary N) is 1. The summed E-state index contributed by atoms with van der Waals surface area (Å²) in [7, 11) is 1.36. The molecule has 0 aliphatic heterocycles. The molecule has 23 heavy (non-hydrogen) atoms. The number of ether oxygens (including phenoxy) is 1. The van der Waals surface area contributed by atoms with Gasteiger partial charge in [0, 0.05) is 26.1 Å². The molecule has 0 radical (unpaired) electrons. The number of carbonyl (C=O) groups excluding carboxylic acids is 2. The highest BCUT2D eigenvalue weighted by Gasteiger charge is 2.28. The van der Waals surface area contributed by atoms with E-state index in [9.17, 15) is 18.8 Å². The van der Waals surface area contributed by atoms with Crippen molar-refractivity contribution in [2.45, 2.75) is 19.9 Å². The highest BCUT2D eigenvalue weighted by atomic mass is 19.1. The molecule has 1 atom stereocenters. The molecule has 0 aliphatic rings. The van der Waals surface area contributed by atoms with Crippen LogP contribution >= 0.6 is 0 Å². The molecule has 8 heteroatoms. The van der Waals surface area contributed by atoms with Gasteiger partial charge in [0.1, 0.15) is 17.6 Å². The van der Waals surface area contributed by atoms with E-state index in [1.54, 1.807) is 0 Å². The minimum absolute atomic E-state index is 0.0582. The summed E-state index contributed by atoms with van der Waals surface area (Å²) >= 11 is 0. The molecule has 0 saturated heterocycles. The van der Waals surface area contributed by atoms with E-state index in [0.29, 0.717) is 0 Å². The summed E-state index contributed by atoms with van der Waals surface area (Å²) in [5, 5.41) is 11.6. The van der Waals surface area contributed by atoms with Gasteiger partial charge in [-0.3, -0.25) is 9.59 Å². The lowest BCUT2D eigenvalue weighted by molar-refractivity contribution is -0.141. The Hall–Kier alpha value is -2.64. The molecule has 1 aromatic rings. The molecule has 0 fully saturated rings. The van der Waals surface area contributed by atoms with E-state index >= 15 is 0 Å². The predicted molar refractivity (Wildman–Crippen MR) is 79.8 cm³/mol. The van der Waals surface area contributed by atoms with Crippen LogP contribution in [0, 0.1) is 5.82 Å². The number of carbonyl (C=O) groups is 3. The van der Waals surface area contributed by atoms with Gasteiger partial charge < -0.3 is 20.1 Å². The predicted octanol–water partition coefficient (Wildman–Crippen LogP) is 0.886. The lowest BCUT2D eigenvalue weighted by Gasteiger charge is -2.27. The van der Waals surface area contributed by atoms with Gasteiger partial charge in [0.15, 0.2) is 0 Å². The molecule has 1 unspecified atom stereocenters. The first-order chi connectivity index (χ1) is 10.8. The first-order valence-electron chi connectivity index (χ1n) is 6.89. The van der Waals surface area contributed by atoms with E-state index in [0.717, 1.165) is 11.0 Å². The summed E-state index contributed by atoms with van der Waals surface area (Å²) in [6, 6.07) is 2.52. The maximum atomic E-state index is 14.0. The molecule has 0 bridgehead atoms. The van der Waals surface area contributed by atoms with Crippen LogP contribution in [0.4, 0.5) is 4.39 Å². The molecule has 1 rings (SSSR count). The van der Waals surface area contributed by atoms with Crippen molar-refractivity contribution < 1.29 is 28.6 Å². The number of amides is 2. The summed E-state index contributed by atoms with van der Waals surface area (Å²) in [6.45, 7) is 2.62. The van der Waals surface area contributed by atoms with Gasteiger partial charge in [-0.25, -0.2) is 9.18 Å². The zero-order valence-electron chi connectivity index (χ0n) is 13.1. The Bertz CT molecular complexity index is 606. The topological polar surface area (TPSA) is 95.9 Å². The standard InChI is InChI=1S/C15H19FN2O5/c1-9(15(21)22)18(7-6-17-10(2)19)14(20)12-5-4-11(23-3)8-13(12)16/h4-5,8-9H,6-7H2,1-3H3,(H,17,19)(H,21,22). The molecular weight excluding hydrogens is 307 g/mol. The second-order valence-corrected chi connectivity index (χ2v) is 4.84. The van der Waals surface area contributed by atoms with Crippen LogP contribution < -0.4 is 10.1 Å². The minimum atomic E-state index is -1.23. The zero-order valence-corrected chi connectivity index (χ0v) is 13.1. The fourth-order valence-electron chi connectivity index (χ4n) is 1.91. The Balaban J connectivity index is 3.02. The van der Waals surface area contributed by atoms with Crippen molar-refractivity contribution in [2.24, 2.45) is 0 Å². The molecule has 126 valence electrons. The maximum absolute atomic E-state index is 14.0. The Morgan fingerprint density at radius 1 is 1.39 bits per heavy atom. The third-order valence-corrected chi connectivity index (χ3v) is 3.22. The highest BCUT2D eigenvalue weighted by molar-refractivity contribution is 5.97. The van der Waals surface area contributed by atoms with Gasteiger partial charge in [-0.15, -0.1) is 0 Å². The number of halogens is 1. The Kier molecular flexibility index (Phi) is 6.49. The van der Waals surface area contributed by atoms with Crippen LogP contribution in [0.1, 0.15) is 24.2 Å². The van der Waals surface area contributed by atoms with Crippen molar-refractivity contribution >= 4 is 17.8 Å². The largest absolute Gasteiger partial charge is 0.497 e. The number of carboxylic acids is 1. The zero-order chi connectivity index (χ0) is 17.6. The van der Waals surface area contributed by atoms with Gasteiger partial charge in [0.2, 0.25) is 5.91 Å². The molecule has 7 nitrogen and oxygen atoms in total. The first-order valence-corrected chi connectivity index (χ1v) is 6.89. The number of aliphatic carboxylic acids is 1. The average molecular weight is 326 g/mol. The quantitative estimate of drug-likeness (QED) is 0.776. The van der Waals surface area contributed by atoms with Crippen LogP contribution in [0.5, 0.6) is 5.75 Å². The van der Waals surface area contributed by atoms with Crippen LogP contribution in [-0.4, -0.2) is 54.0 Å². The Labute approximate surface area is 133 Å². The molecule has 0 aromatic heterocycles. The second kappa shape index (κ2) is 8.11. The molecule has 2 amide bonds. The van der Waals surface area contributed by atoms with E-state index < -0.39 is 23.7 Å². The highest BCUT2D eigenvalue weighted by Crippen LogP contribution is 2.18. The Morgan fingerprint density at radius 3 is 2.52 bits per heavy atom. The van der Waals surface area contributed by atoms with Gasteiger partial charge in [-0.2, -0.15) is 0 Å². The number of hydrogen-bond donors (Lipinski definition) is 2. The normalized spacial score (nSPS) is 11.5. The van der Waals surface area contributed by atoms with E-state index in [2.05, 4.69) is 5.32 Å². The summed E-state index contributed by atoms with van der Waals surface area (Å²) < 4.78 is 18.9. The van der Waals surface area contributed by atoms with Gasteiger partial charge in [0.25, 0.3) is 5.91 Å². The summed E-state index contributed by atoms with van der Waals surface area (Å²) in [5.41, 5.74) is -0.262. The molecule has 0 heterocycles. The van der Waals surface area contributed by atoms with E-state index in [4.69, 9.17) is 9.84 Å². The minimum Gasteiger partial charge on any atom is -0.497 e. The van der Waals surface area contributed by atoms with Gasteiger partial charge >= 0.3 is 5.97 Å². The van der Waals surface area contributed by atoms with E-state index in [1.165, 1.54) is 33.1 Å². The van der Waals surface area contributed by atoms with Crippen molar-refractivity contribution in [1.29, 1.82) is 0 Å². The average Bonchev–Trinajstić information content (AvgIpc) is 2.49. The van der Waals surface area contributed by atoms with Crippen LogP contribution in [0.25, 0.3) is 0 Å². The summed E-state index contributed by atoms with van der Waals surface area (Å²) in [4.78, 5) is 35.5. The van der Waals surface area contributed by atoms with Crippen molar-refractivity contribution in [3.8, 4) is 5.75 Å². The molecular formula is C15H19FN2O5. The van der Waals surface area contributed by atoms with E-state index in [-0.39, 0.29) is 30.3 Å². The number of benzene rings is 1. The SMILES string of the molecule is COc1ccc(C(=O)N(CCNC(C)=O)C(C)C(=O)O)c(F)c1. The van der Waals surface area contributed by atoms with Crippen LogP contribution in [0.2, 0.25) is 0 Å². The third kappa shape index (κ3) is 4.94. The number of hydrogen-bond acceptors (Lipinski definition) is 4. The van der Waals surface area contributed by atoms with Gasteiger partial charge in [-0.05, 0) is 19.1 Å². The molecule has 0 spiro atoms. The van der Waals surface area contributed by atoms with Crippen LogP contribution in [0.3, 0.4) is 0 Å². The number of methoxy groups -OCH3 is 1. The first kappa shape index (κ1) is 18.4. The fourth-order valence-corrected chi connectivity index (χ4v) is 1.91. The fraction of sp³-hybridized carbons (Fsp3) is 0.400. The number of carboxylic acid groups (broad SMARTS) is 1. The number of rotatable bonds is 7. The summed E-state index contributed by atoms with van der Waals surface area (Å²) in [5.74, 6) is -2.87. The monoisotopic (exact) mass is 326 g/mol. The smallest absolute Gasteiger partial charge is 0.326 e. The maximum Gasteiger partial charge on any atom is 0.326 e.